The van der Waals surface area contributed by atoms with Gasteiger partial charge in [-0.2, -0.15) is 5.10 Å². The quantitative estimate of drug-likeness (QED) is 0.241. The first-order valence-corrected chi connectivity index (χ1v) is 12.7. The molecule has 0 spiro atoms. The third-order valence-corrected chi connectivity index (χ3v) is 7.40. The third-order valence-electron chi connectivity index (χ3n) is 6.32. The summed E-state index contributed by atoms with van der Waals surface area (Å²) in [7, 11) is 3.13. The number of ether oxygens (including phenoxy) is 1. The molecule has 3 aromatic heterocycles. The van der Waals surface area contributed by atoms with Gasteiger partial charge in [0.15, 0.2) is 0 Å². The topological polar surface area (TPSA) is 105 Å². The van der Waals surface area contributed by atoms with E-state index in [4.69, 9.17) is 16.3 Å². The molecule has 5 aromatic rings. The van der Waals surface area contributed by atoms with E-state index in [0.29, 0.717) is 32.4 Å². The van der Waals surface area contributed by atoms with E-state index < -0.39 is 23.0 Å². The molecule has 0 radical (unpaired) electrons. The molecular weight excluding hydrogens is 528 g/mol. The lowest BCUT2D eigenvalue weighted by atomic mass is 9.96. The summed E-state index contributed by atoms with van der Waals surface area (Å²) in [5.74, 6) is -1.07. The molecule has 0 saturated heterocycles. The molecule has 3 heterocycles. The van der Waals surface area contributed by atoms with Gasteiger partial charge < -0.3 is 4.74 Å². The number of carbonyl (C=O) groups is 2. The molecule has 0 saturated carbocycles. The predicted molar refractivity (Wildman–Crippen MR) is 145 cm³/mol. The van der Waals surface area contributed by atoms with Crippen LogP contribution in [-0.2, 0) is 14.1 Å². The Labute approximate surface area is 225 Å². The van der Waals surface area contributed by atoms with Crippen LogP contribution in [0.2, 0.25) is 5.02 Å². The molecule has 0 unspecified atom stereocenters. The third kappa shape index (κ3) is 4.07. The number of aromatic nitrogens is 4. The normalized spacial score (nSPS) is 11.2. The van der Waals surface area contributed by atoms with Crippen LogP contribution in [0, 0.1) is 13.8 Å². The fourth-order valence-electron chi connectivity index (χ4n) is 4.47. The van der Waals surface area contributed by atoms with Crippen LogP contribution in [0.25, 0.3) is 16.6 Å². The molecule has 0 amide bonds. The van der Waals surface area contributed by atoms with Crippen molar-refractivity contribution in [1.29, 1.82) is 0 Å². The van der Waals surface area contributed by atoms with Gasteiger partial charge in [-0.05, 0) is 61.2 Å². The second-order valence-corrected chi connectivity index (χ2v) is 10.1. The van der Waals surface area contributed by atoms with Gasteiger partial charge in [0.1, 0.15) is 10.4 Å². The molecular formula is C27H21ClN4O5S. The summed E-state index contributed by atoms with van der Waals surface area (Å²) in [6.45, 7) is 3.29. The lowest BCUT2D eigenvalue weighted by molar-refractivity contribution is 0.0723. The van der Waals surface area contributed by atoms with Crippen molar-refractivity contribution in [1.82, 2.24) is 18.9 Å². The standard InChI is InChI=1S/C27H21ClN4O5S/c1-14-18(23(33)22-15(2)29-31(4)25(22)37-26(35)20-9-6-12-38-20)10-11-19-21(14)24(34)32(27(36)30(19)3)17-8-5-7-16(28)13-17/h5-13H,1-4H3. The van der Waals surface area contributed by atoms with Crippen LogP contribution in [0.3, 0.4) is 0 Å². The Morgan fingerprint density at radius 1 is 1.03 bits per heavy atom. The summed E-state index contributed by atoms with van der Waals surface area (Å²) in [6, 6.07) is 12.9. The van der Waals surface area contributed by atoms with Gasteiger partial charge in [0.2, 0.25) is 11.7 Å². The second-order valence-electron chi connectivity index (χ2n) is 8.68. The fourth-order valence-corrected chi connectivity index (χ4v) is 5.25. The number of aryl methyl sites for hydroxylation is 4. The van der Waals surface area contributed by atoms with E-state index in [2.05, 4.69) is 5.10 Å². The number of thiophene rings is 1. The molecule has 192 valence electrons. The Balaban J connectivity index is 1.69. The summed E-state index contributed by atoms with van der Waals surface area (Å²) in [6.07, 6.45) is 0. The molecule has 0 atom stereocenters. The maximum Gasteiger partial charge on any atom is 0.355 e. The average Bonchev–Trinajstić information content (AvgIpc) is 3.50. The molecule has 0 bridgehead atoms. The fraction of sp³-hybridized carbons (Fsp3) is 0.148. The lowest BCUT2D eigenvalue weighted by Gasteiger charge is -2.15. The summed E-state index contributed by atoms with van der Waals surface area (Å²) in [4.78, 5) is 53.7. The number of halogens is 1. The molecule has 0 fully saturated rings. The number of esters is 1. The zero-order valence-electron chi connectivity index (χ0n) is 20.8. The van der Waals surface area contributed by atoms with Crippen LogP contribution < -0.4 is 16.0 Å². The molecule has 2 aromatic carbocycles. The number of fused-ring (bicyclic) bond motifs is 1. The van der Waals surface area contributed by atoms with Gasteiger partial charge in [-0.25, -0.2) is 18.8 Å². The van der Waals surface area contributed by atoms with Gasteiger partial charge in [0.25, 0.3) is 5.56 Å². The Morgan fingerprint density at radius 2 is 1.79 bits per heavy atom. The van der Waals surface area contributed by atoms with Crippen LogP contribution in [0.5, 0.6) is 5.88 Å². The molecule has 9 nitrogen and oxygen atoms in total. The van der Waals surface area contributed by atoms with Crippen molar-refractivity contribution in [2.75, 3.05) is 0 Å². The number of ketones is 1. The van der Waals surface area contributed by atoms with Crippen LogP contribution in [0.1, 0.15) is 36.9 Å². The van der Waals surface area contributed by atoms with E-state index in [9.17, 15) is 19.2 Å². The minimum absolute atomic E-state index is 0.00203. The van der Waals surface area contributed by atoms with E-state index in [1.165, 1.54) is 26.7 Å². The second kappa shape index (κ2) is 9.55. The first kappa shape index (κ1) is 25.4. The van der Waals surface area contributed by atoms with Crippen molar-refractivity contribution in [3.63, 3.8) is 0 Å². The van der Waals surface area contributed by atoms with E-state index in [1.807, 2.05) is 0 Å². The summed E-state index contributed by atoms with van der Waals surface area (Å²) >= 11 is 7.33. The SMILES string of the molecule is Cc1nn(C)c(OC(=O)c2cccs2)c1C(=O)c1ccc2c(c1C)c(=O)n(-c1cccc(Cl)c1)c(=O)n2C. The molecule has 5 rings (SSSR count). The minimum atomic E-state index is -0.605. The number of hydrogen-bond acceptors (Lipinski definition) is 7. The Bertz CT molecular complexity index is 1880. The number of hydrogen-bond donors (Lipinski definition) is 0. The van der Waals surface area contributed by atoms with Crippen molar-refractivity contribution < 1.29 is 14.3 Å². The number of nitrogens with zero attached hydrogens (tertiary/aromatic N) is 4. The maximum atomic E-state index is 13.9. The van der Waals surface area contributed by atoms with Crippen molar-refractivity contribution >= 4 is 45.6 Å². The van der Waals surface area contributed by atoms with Gasteiger partial charge in [-0.15, -0.1) is 11.3 Å². The molecule has 0 N–H and O–H groups in total. The van der Waals surface area contributed by atoms with Crippen LogP contribution >= 0.6 is 22.9 Å². The minimum Gasteiger partial charge on any atom is -0.403 e. The highest BCUT2D eigenvalue weighted by molar-refractivity contribution is 7.12. The Hall–Kier alpha value is -4.28. The van der Waals surface area contributed by atoms with Gasteiger partial charge in [-0.1, -0.05) is 23.7 Å². The van der Waals surface area contributed by atoms with E-state index in [1.54, 1.807) is 75.8 Å². The molecule has 38 heavy (non-hydrogen) atoms. The van der Waals surface area contributed by atoms with Gasteiger partial charge in [-0.3, -0.25) is 14.2 Å². The zero-order chi connectivity index (χ0) is 27.3. The van der Waals surface area contributed by atoms with E-state index >= 15 is 0 Å². The Morgan fingerprint density at radius 3 is 2.47 bits per heavy atom. The van der Waals surface area contributed by atoms with Gasteiger partial charge in [0, 0.05) is 24.7 Å². The maximum absolute atomic E-state index is 13.9. The number of carbonyl (C=O) groups excluding carboxylic acids is 2. The Kier molecular flexibility index (Phi) is 6.38. The zero-order valence-corrected chi connectivity index (χ0v) is 22.4. The van der Waals surface area contributed by atoms with E-state index in [0.717, 1.165) is 4.57 Å². The van der Waals surface area contributed by atoms with Crippen LogP contribution in [-0.4, -0.2) is 30.7 Å². The average molecular weight is 549 g/mol. The first-order chi connectivity index (χ1) is 18.1. The highest BCUT2D eigenvalue weighted by Crippen LogP contribution is 2.29. The molecule has 0 aliphatic carbocycles. The lowest BCUT2D eigenvalue weighted by Crippen LogP contribution is -2.38. The van der Waals surface area contributed by atoms with Crippen LogP contribution in [0.4, 0.5) is 0 Å². The summed E-state index contributed by atoms with van der Waals surface area (Å²) in [5.41, 5.74) is 0.631. The van der Waals surface area contributed by atoms with E-state index in [-0.39, 0.29) is 22.4 Å². The summed E-state index contributed by atoms with van der Waals surface area (Å²) < 4.78 is 9.30. The molecule has 0 aliphatic rings. The van der Waals surface area contributed by atoms with Gasteiger partial charge >= 0.3 is 11.7 Å². The summed E-state index contributed by atoms with van der Waals surface area (Å²) in [5, 5.41) is 6.61. The van der Waals surface area contributed by atoms with Crippen molar-refractivity contribution in [2.45, 2.75) is 13.8 Å². The van der Waals surface area contributed by atoms with Crippen LogP contribution in [0.15, 0.2) is 63.5 Å². The monoisotopic (exact) mass is 548 g/mol. The van der Waals surface area contributed by atoms with Gasteiger partial charge in [0.05, 0.1) is 22.3 Å². The largest absolute Gasteiger partial charge is 0.403 e. The molecule has 0 aliphatic heterocycles. The first-order valence-electron chi connectivity index (χ1n) is 11.5. The highest BCUT2D eigenvalue weighted by Gasteiger charge is 2.28. The number of benzene rings is 2. The predicted octanol–water partition coefficient (Wildman–Crippen LogP) is 4.20. The van der Waals surface area contributed by atoms with Crippen molar-refractivity contribution in [3.8, 4) is 11.6 Å². The number of rotatable bonds is 5. The van der Waals surface area contributed by atoms with Crippen molar-refractivity contribution in [2.24, 2.45) is 14.1 Å². The highest BCUT2D eigenvalue weighted by atomic mass is 35.5. The van der Waals surface area contributed by atoms with Crippen molar-refractivity contribution in [3.05, 3.63) is 107 Å². The smallest absolute Gasteiger partial charge is 0.355 e. The molecule has 11 heteroatoms.